The van der Waals surface area contributed by atoms with Crippen molar-refractivity contribution in [2.75, 3.05) is 14.1 Å². The lowest BCUT2D eigenvalue weighted by molar-refractivity contribution is 0.410. The zero-order valence-electron chi connectivity index (χ0n) is 6.13. The van der Waals surface area contributed by atoms with Gasteiger partial charge >= 0.3 is 0 Å². The first-order valence-corrected chi connectivity index (χ1v) is 2.86. The molecule has 0 saturated carbocycles. The van der Waals surface area contributed by atoms with Crippen molar-refractivity contribution < 1.29 is 0 Å². The van der Waals surface area contributed by atoms with Gasteiger partial charge in [-0.1, -0.05) is 0 Å². The summed E-state index contributed by atoms with van der Waals surface area (Å²) in [7, 11) is 3.61. The fraction of sp³-hybridized carbons (Fsp3) is 0.800. The minimum absolute atomic E-state index is 0.0158. The van der Waals surface area contributed by atoms with Crippen LogP contribution in [0.5, 0.6) is 0 Å². The first-order valence-electron chi connectivity index (χ1n) is 2.86. The number of rotatable bonds is 3. The predicted molar refractivity (Wildman–Crippen MR) is 39.0 cm³/mol. The second kappa shape index (κ2) is 4.14. The van der Waals surface area contributed by atoms with Gasteiger partial charge in [0.05, 0.1) is 6.17 Å². The summed E-state index contributed by atoms with van der Waals surface area (Å²) in [4.78, 5) is 1.80. The lowest BCUT2D eigenvalue weighted by Gasteiger charge is -2.16. The largest absolute Gasteiger partial charge is 0.349 e. The van der Waals surface area contributed by atoms with E-state index in [9.17, 15) is 0 Å². The highest BCUT2D eigenvalue weighted by Gasteiger charge is 1.94. The Balaban J connectivity index is 3.48. The average Bonchev–Trinajstić information content (AvgIpc) is 1.82. The third kappa shape index (κ3) is 3.78. The van der Waals surface area contributed by atoms with Gasteiger partial charge in [0.25, 0.3) is 0 Å². The highest BCUT2D eigenvalue weighted by molar-refractivity contribution is 5.54. The molecule has 0 aliphatic carbocycles. The van der Waals surface area contributed by atoms with Gasteiger partial charge in [-0.25, -0.2) is 0 Å². The monoisotopic (exact) mass is 130 g/mol. The number of hydrogen-bond acceptors (Lipinski definition) is 3. The summed E-state index contributed by atoms with van der Waals surface area (Å²) in [5.74, 6) is 0. The average molecular weight is 130 g/mol. The third-order valence-electron chi connectivity index (χ3n) is 1.01. The standard InChI is InChI=1S/C5H14N4/c1-5(6)9(3)4-8-7-2/h4-5,7H,6H2,1-3H3/b8-4-. The zero-order chi connectivity index (χ0) is 7.28. The molecule has 0 saturated heterocycles. The maximum atomic E-state index is 5.48. The lowest BCUT2D eigenvalue weighted by atomic mass is 10.5. The number of nitrogens with two attached hydrogens (primary N) is 1. The SMILES string of the molecule is CN/N=C\N(C)C(C)N. The van der Waals surface area contributed by atoms with E-state index in [0.29, 0.717) is 0 Å². The predicted octanol–water partition coefficient (Wildman–Crippen LogP) is -0.614. The smallest absolute Gasteiger partial charge is 0.112 e. The molecule has 0 aliphatic rings. The highest BCUT2D eigenvalue weighted by Crippen LogP contribution is 1.79. The Kier molecular flexibility index (Phi) is 3.79. The van der Waals surface area contributed by atoms with E-state index < -0.39 is 0 Å². The molecule has 0 rings (SSSR count). The number of hydrogen-bond donors (Lipinski definition) is 2. The molecule has 0 aromatic carbocycles. The van der Waals surface area contributed by atoms with Gasteiger partial charge in [-0.2, -0.15) is 5.10 Å². The molecule has 1 unspecified atom stereocenters. The lowest BCUT2D eigenvalue weighted by Crippen LogP contribution is -2.35. The van der Waals surface area contributed by atoms with Crippen LogP contribution >= 0.6 is 0 Å². The fourth-order valence-electron chi connectivity index (χ4n) is 0.254. The number of nitrogens with zero attached hydrogens (tertiary/aromatic N) is 2. The normalized spacial score (nSPS) is 13.8. The summed E-state index contributed by atoms with van der Waals surface area (Å²) >= 11 is 0. The summed E-state index contributed by atoms with van der Waals surface area (Å²) in [6.07, 6.45) is 1.66. The van der Waals surface area contributed by atoms with Crippen molar-refractivity contribution in [3.8, 4) is 0 Å². The molecular weight excluding hydrogens is 116 g/mol. The summed E-state index contributed by atoms with van der Waals surface area (Å²) in [6.45, 7) is 1.89. The van der Waals surface area contributed by atoms with Gasteiger partial charge in [0.15, 0.2) is 0 Å². The van der Waals surface area contributed by atoms with Crippen LogP contribution in [0.1, 0.15) is 6.92 Å². The second-order valence-electron chi connectivity index (χ2n) is 1.87. The molecule has 0 aromatic heterocycles. The molecular formula is C5H14N4. The second-order valence-corrected chi connectivity index (χ2v) is 1.87. The van der Waals surface area contributed by atoms with Crippen LogP contribution < -0.4 is 11.2 Å². The Morgan fingerprint density at radius 2 is 2.33 bits per heavy atom. The van der Waals surface area contributed by atoms with Crippen molar-refractivity contribution in [1.29, 1.82) is 0 Å². The Morgan fingerprint density at radius 1 is 1.78 bits per heavy atom. The maximum absolute atomic E-state index is 5.48. The van der Waals surface area contributed by atoms with Crippen molar-refractivity contribution in [2.24, 2.45) is 10.8 Å². The summed E-state index contributed by atoms with van der Waals surface area (Å²) in [6, 6.07) is 0. The molecule has 0 spiro atoms. The molecule has 0 heterocycles. The Morgan fingerprint density at radius 3 is 2.67 bits per heavy atom. The molecule has 4 heteroatoms. The summed E-state index contributed by atoms with van der Waals surface area (Å²) < 4.78 is 0. The van der Waals surface area contributed by atoms with E-state index in [1.807, 2.05) is 14.0 Å². The molecule has 0 aliphatic heterocycles. The Labute approximate surface area is 55.7 Å². The van der Waals surface area contributed by atoms with Gasteiger partial charge in [0.1, 0.15) is 6.34 Å². The molecule has 0 amide bonds. The van der Waals surface area contributed by atoms with Gasteiger partial charge in [-0.3, -0.25) is 0 Å². The van der Waals surface area contributed by atoms with Crippen LogP contribution in [0.4, 0.5) is 0 Å². The van der Waals surface area contributed by atoms with Crippen LogP contribution in [0.3, 0.4) is 0 Å². The topological polar surface area (TPSA) is 53.7 Å². The summed E-state index contributed by atoms with van der Waals surface area (Å²) in [5.41, 5.74) is 8.11. The summed E-state index contributed by atoms with van der Waals surface area (Å²) in [5, 5.41) is 3.76. The van der Waals surface area contributed by atoms with E-state index in [-0.39, 0.29) is 6.17 Å². The first kappa shape index (κ1) is 8.23. The van der Waals surface area contributed by atoms with Crippen molar-refractivity contribution in [2.45, 2.75) is 13.1 Å². The fourth-order valence-corrected chi connectivity index (χ4v) is 0.254. The number of nitrogens with one attached hydrogen (secondary N) is 1. The molecule has 4 nitrogen and oxygen atoms in total. The van der Waals surface area contributed by atoms with Crippen LogP contribution in [0.15, 0.2) is 5.10 Å². The van der Waals surface area contributed by atoms with Gasteiger partial charge in [0.2, 0.25) is 0 Å². The van der Waals surface area contributed by atoms with Crippen LogP contribution in [0.25, 0.3) is 0 Å². The first-order chi connectivity index (χ1) is 4.18. The molecule has 0 bridgehead atoms. The Hall–Kier alpha value is -0.770. The number of hydrazone groups is 1. The zero-order valence-corrected chi connectivity index (χ0v) is 6.13. The Bertz CT molecular complexity index is 89.0. The molecule has 3 N–H and O–H groups in total. The molecule has 0 fully saturated rings. The van der Waals surface area contributed by atoms with Crippen LogP contribution in [0.2, 0.25) is 0 Å². The maximum Gasteiger partial charge on any atom is 0.112 e. The van der Waals surface area contributed by atoms with Crippen molar-refractivity contribution in [3.05, 3.63) is 0 Å². The van der Waals surface area contributed by atoms with Crippen LogP contribution in [-0.4, -0.2) is 31.5 Å². The van der Waals surface area contributed by atoms with E-state index in [0.717, 1.165) is 0 Å². The van der Waals surface area contributed by atoms with Crippen LogP contribution in [0, 0.1) is 0 Å². The highest BCUT2D eigenvalue weighted by atomic mass is 15.3. The van der Waals surface area contributed by atoms with E-state index in [4.69, 9.17) is 5.73 Å². The molecule has 0 aromatic rings. The van der Waals surface area contributed by atoms with Gasteiger partial charge in [-0.15, -0.1) is 0 Å². The molecule has 0 radical (unpaired) electrons. The van der Waals surface area contributed by atoms with Crippen molar-refractivity contribution >= 4 is 6.34 Å². The molecule has 1 atom stereocenters. The van der Waals surface area contributed by atoms with Gasteiger partial charge in [-0.05, 0) is 6.92 Å². The van der Waals surface area contributed by atoms with Gasteiger partial charge < -0.3 is 16.1 Å². The minimum Gasteiger partial charge on any atom is -0.349 e. The van der Waals surface area contributed by atoms with E-state index in [1.165, 1.54) is 0 Å². The van der Waals surface area contributed by atoms with Crippen molar-refractivity contribution in [3.63, 3.8) is 0 Å². The van der Waals surface area contributed by atoms with Crippen LogP contribution in [-0.2, 0) is 0 Å². The van der Waals surface area contributed by atoms with E-state index in [1.54, 1.807) is 18.3 Å². The molecule has 9 heavy (non-hydrogen) atoms. The van der Waals surface area contributed by atoms with E-state index in [2.05, 4.69) is 10.5 Å². The quantitative estimate of drug-likeness (QED) is 0.232. The molecule has 54 valence electrons. The van der Waals surface area contributed by atoms with E-state index >= 15 is 0 Å². The van der Waals surface area contributed by atoms with Crippen molar-refractivity contribution in [1.82, 2.24) is 10.3 Å². The minimum atomic E-state index is 0.0158. The third-order valence-corrected chi connectivity index (χ3v) is 1.01. The van der Waals surface area contributed by atoms with Gasteiger partial charge in [0, 0.05) is 14.1 Å².